The van der Waals surface area contributed by atoms with Crippen LogP contribution >= 0.6 is 11.6 Å². The zero-order chi connectivity index (χ0) is 20.1. The second-order valence-electron chi connectivity index (χ2n) is 7.24. The molecule has 2 aromatic rings. The summed E-state index contributed by atoms with van der Waals surface area (Å²) in [4.78, 5) is 28.9. The Kier molecular flexibility index (Phi) is 6.70. The van der Waals surface area contributed by atoms with Crippen LogP contribution in [0.5, 0.6) is 0 Å². The quantitative estimate of drug-likeness (QED) is 0.840. The van der Waals surface area contributed by atoms with Gasteiger partial charge in [-0.2, -0.15) is 0 Å². The maximum atomic E-state index is 12.7. The van der Waals surface area contributed by atoms with E-state index in [4.69, 9.17) is 11.6 Å². The van der Waals surface area contributed by atoms with Gasteiger partial charge in [-0.25, -0.2) is 0 Å². The summed E-state index contributed by atoms with van der Waals surface area (Å²) in [5, 5.41) is 3.57. The summed E-state index contributed by atoms with van der Waals surface area (Å²) in [5.41, 5.74) is 3.94. The maximum Gasteiger partial charge on any atom is 0.253 e. The molecule has 0 aromatic heterocycles. The number of nitrogens with zero attached hydrogens (tertiary/aromatic N) is 2. The predicted molar refractivity (Wildman–Crippen MR) is 112 cm³/mol. The summed E-state index contributed by atoms with van der Waals surface area (Å²) in [5.74, 6) is 0.0276. The molecule has 148 valence electrons. The summed E-state index contributed by atoms with van der Waals surface area (Å²) in [6.07, 6.45) is 0. The third-order valence-electron chi connectivity index (χ3n) is 5.21. The zero-order valence-corrected chi connectivity index (χ0v) is 17.1. The summed E-state index contributed by atoms with van der Waals surface area (Å²) in [6, 6.07) is 13.3. The fraction of sp³-hybridized carbons (Fsp3) is 0.364. The highest BCUT2D eigenvalue weighted by molar-refractivity contribution is 6.31. The van der Waals surface area contributed by atoms with Crippen molar-refractivity contribution >= 4 is 23.4 Å². The molecule has 1 saturated heterocycles. The van der Waals surface area contributed by atoms with Gasteiger partial charge in [0.1, 0.15) is 0 Å². The number of benzene rings is 2. The second-order valence-corrected chi connectivity index (χ2v) is 7.64. The van der Waals surface area contributed by atoms with Crippen molar-refractivity contribution in [3.63, 3.8) is 0 Å². The largest absolute Gasteiger partial charge is 0.351 e. The van der Waals surface area contributed by atoms with E-state index in [1.54, 1.807) is 0 Å². The minimum absolute atomic E-state index is 0.0335. The van der Waals surface area contributed by atoms with Gasteiger partial charge in [0.25, 0.3) is 5.91 Å². The average Bonchev–Trinajstić information content (AvgIpc) is 2.69. The van der Waals surface area contributed by atoms with E-state index in [0.717, 1.165) is 16.7 Å². The summed E-state index contributed by atoms with van der Waals surface area (Å²) < 4.78 is 0. The predicted octanol–water partition coefficient (Wildman–Crippen LogP) is 3.03. The Labute approximate surface area is 171 Å². The van der Waals surface area contributed by atoms with Gasteiger partial charge in [0.2, 0.25) is 5.91 Å². The fourth-order valence-corrected chi connectivity index (χ4v) is 3.46. The first kappa shape index (κ1) is 20.4. The number of rotatable bonds is 5. The standard InChI is InChI=1S/C22H26ClN3O2/c1-16-7-8-18(13-17(16)2)22(28)26-11-9-25(10-12-26)15-21(27)24-14-19-5-3-4-6-20(19)23/h3-8,13H,9-12,14-15H2,1-2H3,(H,24,27). The van der Waals surface area contributed by atoms with E-state index in [0.29, 0.717) is 44.3 Å². The topological polar surface area (TPSA) is 52.7 Å². The Hall–Kier alpha value is -2.37. The minimum Gasteiger partial charge on any atom is -0.351 e. The Morgan fingerprint density at radius 2 is 1.71 bits per heavy atom. The molecule has 3 rings (SSSR count). The van der Waals surface area contributed by atoms with Gasteiger partial charge in [0.05, 0.1) is 6.54 Å². The van der Waals surface area contributed by atoms with Crippen molar-refractivity contribution in [3.05, 3.63) is 69.7 Å². The van der Waals surface area contributed by atoms with Gasteiger partial charge < -0.3 is 10.2 Å². The molecule has 1 aliphatic heterocycles. The molecule has 1 heterocycles. The second kappa shape index (κ2) is 9.22. The van der Waals surface area contributed by atoms with Gasteiger partial charge >= 0.3 is 0 Å². The van der Waals surface area contributed by atoms with E-state index in [-0.39, 0.29) is 11.8 Å². The average molecular weight is 400 g/mol. The Morgan fingerprint density at radius 3 is 2.39 bits per heavy atom. The van der Waals surface area contributed by atoms with Crippen LogP contribution in [0.1, 0.15) is 27.0 Å². The van der Waals surface area contributed by atoms with Crippen LogP contribution in [0.2, 0.25) is 5.02 Å². The molecular formula is C22H26ClN3O2. The van der Waals surface area contributed by atoms with Crippen molar-refractivity contribution in [1.29, 1.82) is 0 Å². The number of hydrogen-bond donors (Lipinski definition) is 1. The molecule has 1 fully saturated rings. The Balaban J connectivity index is 1.45. The molecule has 0 unspecified atom stereocenters. The van der Waals surface area contributed by atoms with Gasteiger partial charge in [-0.15, -0.1) is 0 Å². The van der Waals surface area contributed by atoms with Crippen LogP contribution in [0, 0.1) is 13.8 Å². The molecule has 1 N–H and O–H groups in total. The number of halogens is 1. The first-order valence-corrected chi connectivity index (χ1v) is 9.91. The van der Waals surface area contributed by atoms with Crippen molar-refractivity contribution in [2.24, 2.45) is 0 Å². The molecule has 5 nitrogen and oxygen atoms in total. The highest BCUT2D eigenvalue weighted by Gasteiger charge is 2.23. The van der Waals surface area contributed by atoms with Gasteiger partial charge in [0.15, 0.2) is 0 Å². The maximum absolute atomic E-state index is 12.7. The fourth-order valence-electron chi connectivity index (χ4n) is 3.26. The molecule has 0 aliphatic carbocycles. The third kappa shape index (κ3) is 5.12. The van der Waals surface area contributed by atoms with Crippen molar-refractivity contribution in [1.82, 2.24) is 15.1 Å². The molecule has 2 amide bonds. The number of piperazine rings is 1. The normalized spacial score (nSPS) is 14.8. The molecule has 0 bridgehead atoms. The van der Waals surface area contributed by atoms with Crippen molar-refractivity contribution in [2.75, 3.05) is 32.7 Å². The van der Waals surface area contributed by atoms with Gasteiger partial charge in [-0.1, -0.05) is 35.9 Å². The lowest BCUT2D eigenvalue weighted by atomic mass is 10.1. The number of carbonyl (C=O) groups excluding carboxylic acids is 2. The summed E-state index contributed by atoms with van der Waals surface area (Å²) in [7, 11) is 0. The number of aryl methyl sites for hydroxylation is 2. The van der Waals surface area contributed by atoms with Gasteiger partial charge in [-0.05, 0) is 48.7 Å². The molecule has 0 saturated carbocycles. The molecule has 0 radical (unpaired) electrons. The zero-order valence-electron chi connectivity index (χ0n) is 16.4. The van der Waals surface area contributed by atoms with Crippen LogP contribution in [-0.4, -0.2) is 54.3 Å². The number of nitrogens with one attached hydrogen (secondary N) is 1. The number of amides is 2. The lowest BCUT2D eigenvalue weighted by molar-refractivity contribution is -0.122. The highest BCUT2D eigenvalue weighted by Crippen LogP contribution is 2.15. The smallest absolute Gasteiger partial charge is 0.253 e. The van der Waals surface area contributed by atoms with Crippen molar-refractivity contribution < 1.29 is 9.59 Å². The number of hydrogen-bond acceptors (Lipinski definition) is 3. The van der Waals surface area contributed by atoms with Gasteiger partial charge in [0, 0.05) is 43.3 Å². The lowest BCUT2D eigenvalue weighted by Gasteiger charge is -2.34. The Bertz CT molecular complexity index is 861. The van der Waals surface area contributed by atoms with Crippen LogP contribution in [0.3, 0.4) is 0 Å². The first-order chi connectivity index (χ1) is 13.4. The monoisotopic (exact) mass is 399 g/mol. The SMILES string of the molecule is Cc1ccc(C(=O)N2CCN(CC(=O)NCc3ccccc3Cl)CC2)cc1C. The van der Waals surface area contributed by atoms with Crippen LogP contribution in [0.25, 0.3) is 0 Å². The van der Waals surface area contributed by atoms with Crippen LogP contribution in [0.15, 0.2) is 42.5 Å². The summed E-state index contributed by atoms with van der Waals surface area (Å²) in [6.45, 7) is 7.45. The molecule has 2 aromatic carbocycles. The Morgan fingerprint density at radius 1 is 1.00 bits per heavy atom. The van der Waals surface area contributed by atoms with Crippen molar-refractivity contribution in [3.8, 4) is 0 Å². The first-order valence-electron chi connectivity index (χ1n) is 9.53. The van der Waals surface area contributed by atoms with E-state index < -0.39 is 0 Å². The van der Waals surface area contributed by atoms with Gasteiger partial charge in [-0.3, -0.25) is 14.5 Å². The molecule has 0 atom stereocenters. The van der Waals surface area contributed by atoms with E-state index in [9.17, 15) is 9.59 Å². The van der Waals surface area contributed by atoms with Crippen LogP contribution in [0.4, 0.5) is 0 Å². The molecule has 0 spiro atoms. The minimum atomic E-state index is -0.0335. The van der Waals surface area contributed by atoms with Crippen LogP contribution < -0.4 is 5.32 Å². The van der Waals surface area contributed by atoms with E-state index in [2.05, 4.69) is 10.2 Å². The van der Waals surface area contributed by atoms with E-state index in [1.165, 1.54) is 5.56 Å². The molecule has 28 heavy (non-hydrogen) atoms. The molecular weight excluding hydrogens is 374 g/mol. The highest BCUT2D eigenvalue weighted by atomic mass is 35.5. The van der Waals surface area contributed by atoms with E-state index >= 15 is 0 Å². The third-order valence-corrected chi connectivity index (χ3v) is 5.58. The molecule has 1 aliphatic rings. The van der Waals surface area contributed by atoms with Crippen LogP contribution in [-0.2, 0) is 11.3 Å². The molecule has 6 heteroatoms. The van der Waals surface area contributed by atoms with Crippen molar-refractivity contribution in [2.45, 2.75) is 20.4 Å². The lowest BCUT2D eigenvalue weighted by Crippen LogP contribution is -2.51. The summed E-state index contributed by atoms with van der Waals surface area (Å²) >= 11 is 6.11. The van der Waals surface area contributed by atoms with E-state index in [1.807, 2.05) is 61.2 Å². The number of carbonyl (C=O) groups is 2.